The molecule has 0 fully saturated rings. The number of benzene rings is 1. The minimum atomic E-state index is 0.991. The molecule has 0 aliphatic heterocycles. The maximum absolute atomic E-state index is 5.36. The number of unbranched alkanes of at least 4 members (excludes halogenated alkanes) is 18. The maximum atomic E-state index is 5.36. The van der Waals surface area contributed by atoms with Crippen molar-refractivity contribution in [1.82, 2.24) is 18.8 Å². The number of imidazole rings is 2. The SMILES string of the molecule is CCCCCCCCCCCCc1cc2c(nc3c4sc5c6c(ccc(c(=NC)n23)c46)c(=NC)n2c3cc(CCCCCCCCCCCC)sc3nc52)s1. The fourth-order valence-electron chi connectivity index (χ4n) is 9.04. The first-order valence-corrected chi connectivity index (χ1v) is 24.2. The van der Waals surface area contributed by atoms with Crippen LogP contribution in [0.25, 0.3) is 62.9 Å². The van der Waals surface area contributed by atoms with Gasteiger partial charge in [0.15, 0.2) is 11.3 Å². The topological polar surface area (TPSA) is 59.3 Å². The van der Waals surface area contributed by atoms with Gasteiger partial charge in [-0.05, 0) is 49.9 Å². The highest BCUT2D eigenvalue weighted by Gasteiger charge is 2.25. The molecule has 55 heavy (non-hydrogen) atoms. The third kappa shape index (κ3) is 7.66. The molecule has 0 atom stereocenters. The molecule has 8 rings (SSSR count). The van der Waals surface area contributed by atoms with Gasteiger partial charge in [-0.15, -0.1) is 34.0 Å². The van der Waals surface area contributed by atoms with Crippen LogP contribution in [-0.2, 0) is 12.8 Å². The number of fused-ring (bicyclic) bond motifs is 8. The Morgan fingerprint density at radius 2 is 0.855 bits per heavy atom. The quantitative estimate of drug-likeness (QED) is 0.0507. The Bertz CT molecular complexity index is 2450. The number of aromatic nitrogens is 4. The van der Waals surface area contributed by atoms with E-state index >= 15 is 0 Å². The lowest BCUT2D eigenvalue weighted by Gasteiger charge is -2.07. The smallest absolute Gasteiger partial charge is 0.158 e. The summed E-state index contributed by atoms with van der Waals surface area (Å²) in [5.74, 6) is 0. The lowest BCUT2D eigenvalue weighted by molar-refractivity contribution is 0.557. The number of nitrogens with zero attached hydrogens (tertiary/aromatic N) is 6. The summed E-state index contributed by atoms with van der Waals surface area (Å²) >= 11 is 5.60. The van der Waals surface area contributed by atoms with Crippen molar-refractivity contribution in [3.8, 4) is 0 Å². The van der Waals surface area contributed by atoms with Gasteiger partial charge in [0.2, 0.25) is 0 Å². The van der Waals surface area contributed by atoms with Gasteiger partial charge in [0.05, 0.1) is 20.4 Å². The zero-order chi connectivity index (χ0) is 37.7. The molecule has 7 aromatic heterocycles. The number of thiophene rings is 3. The van der Waals surface area contributed by atoms with E-state index in [4.69, 9.17) is 20.0 Å². The second-order valence-electron chi connectivity index (χ2n) is 16.0. The van der Waals surface area contributed by atoms with Gasteiger partial charge in [-0.3, -0.25) is 18.8 Å². The molecule has 0 aliphatic rings. The molecule has 0 spiro atoms. The standard InChI is InChI=1S/C46H60N6S3/c1-5-7-9-11-13-15-17-19-21-23-25-31-29-35-45(53-31)49-43-39-37-33(41(47-3)51(35)43)27-28-34-38(37)40(55-39)44-50-46-36(52(44)42(34)48-4)30-32(54-46)26-24-22-20-18-16-14-12-10-8-6-2/h27-30H,5-26H2,1-4H3. The predicted molar refractivity (Wildman–Crippen MR) is 242 cm³/mol. The van der Waals surface area contributed by atoms with Gasteiger partial charge >= 0.3 is 0 Å². The number of hydrogen-bond acceptors (Lipinski definition) is 7. The highest BCUT2D eigenvalue weighted by atomic mass is 32.1. The molecule has 0 amide bonds. The summed E-state index contributed by atoms with van der Waals surface area (Å²) in [6.07, 6.45) is 29.6. The van der Waals surface area contributed by atoms with Crippen molar-refractivity contribution >= 4 is 96.9 Å². The van der Waals surface area contributed by atoms with Crippen molar-refractivity contribution in [1.29, 1.82) is 0 Å². The van der Waals surface area contributed by atoms with Crippen LogP contribution in [0.1, 0.15) is 152 Å². The molecule has 0 saturated carbocycles. The molecule has 0 N–H and O–H groups in total. The molecule has 6 nitrogen and oxygen atoms in total. The Labute approximate surface area is 338 Å². The van der Waals surface area contributed by atoms with E-state index in [1.807, 2.05) is 48.1 Å². The van der Waals surface area contributed by atoms with E-state index in [2.05, 4.69) is 46.9 Å². The first-order chi connectivity index (χ1) is 27.2. The predicted octanol–water partition coefficient (Wildman–Crippen LogP) is 13.8. The van der Waals surface area contributed by atoms with E-state index in [9.17, 15) is 0 Å². The van der Waals surface area contributed by atoms with Crippen LogP contribution in [0.5, 0.6) is 0 Å². The summed E-state index contributed by atoms with van der Waals surface area (Å²) in [7, 11) is 3.86. The third-order valence-electron chi connectivity index (χ3n) is 12.0. The Kier molecular flexibility index (Phi) is 12.7. The first-order valence-electron chi connectivity index (χ1n) is 21.7. The van der Waals surface area contributed by atoms with Crippen LogP contribution in [0.2, 0.25) is 0 Å². The van der Waals surface area contributed by atoms with Gasteiger partial charge in [-0.25, -0.2) is 9.97 Å². The molecule has 0 bridgehead atoms. The molecule has 1 aromatic carbocycles. The van der Waals surface area contributed by atoms with Crippen molar-refractivity contribution in [3.05, 3.63) is 45.0 Å². The van der Waals surface area contributed by atoms with Gasteiger partial charge in [-0.2, -0.15) is 0 Å². The average Bonchev–Trinajstić information content (AvgIpc) is 4.01. The van der Waals surface area contributed by atoms with Crippen LogP contribution in [0.15, 0.2) is 34.3 Å². The van der Waals surface area contributed by atoms with Crippen molar-refractivity contribution in [2.75, 3.05) is 14.1 Å². The maximum Gasteiger partial charge on any atom is 0.158 e. The normalized spacial score (nSPS) is 13.5. The van der Waals surface area contributed by atoms with E-state index in [1.165, 1.54) is 180 Å². The zero-order valence-corrected chi connectivity index (χ0v) is 36.2. The molecular formula is C46H60N6S3. The van der Waals surface area contributed by atoms with Crippen LogP contribution in [0.4, 0.5) is 0 Å². The lowest BCUT2D eigenvalue weighted by atomic mass is 10.0. The minimum absolute atomic E-state index is 0.991. The number of hydrogen-bond donors (Lipinski definition) is 0. The number of pyridine rings is 2. The molecule has 7 heterocycles. The molecule has 9 heteroatoms. The average molecular weight is 793 g/mol. The summed E-state index contributed by atoms with van der Waals surface area (Å²) in [4.78, 5) is 25.7. The summed E-state index contributed by atoms with van der Waals surface area (Å²) in [5.41, 5.74) is 6.42. The van der Waals surface area contributed by atoms with E-state index in [0.29, 0.717) is 0 Å². The highest BCUT2D eigenvalue weighted by Crippen LogP contribution is 2.44. The van der Waals surface area contributed by atoms with Gasteiger partial charge in [0, 0.05) is 45.4 Å². The van der Waals surface area contributed by atoms with Crippen LogP contribution >= 0.6 is 34.0 Å². The Hall–Kier alpha value is -3.14. The van der Waals surface area contributed by atoms with E-state index in [0.717, 1.165) is 44.8 Å². The van der Waals surface area contributed by atoms with Crippen LogP contribution < -0.4 is 11.0 Å². The Morgan fingerprint density at radius 1 is 0.491 bits per heavy atom. The molecule has 292 valence electrons. The van der Waals surface area contributed by atoms with Crippen molar-refractivity contribution in [2.24, 2.45) is 9.98 Å². The highest BCUT2D eigenvalue weighted by molar-refractivity contribution is 7.27. The largest absolute Gasteiger partial charge is 0.274 e. The van der Waals surface area contributed by atoms with Crippen molar-refractivity contribution in [2.45, 2.75) is 155 Å². The minimum Gasteiger partial charge on any atom is -0.274 e. The fraction of sp³-hybridized carbons (Fsp3) is 0.565. The van der Waals surface area contributed by atoms with Crippen LogP contribution in [0, 0.1) is 0 Å². The number of rotatable bonds is 22. The lowest BCUT2D eigenvalue weighted by Crippen LogP contribution is -2.17. The monoisotopic (exact) mass is 792 g/mol. The Morgan fingerprint density at radius 3 is 1.22 bits per heavy atom. The molecular weight excluding hydrogens is 733 g/mol. The molecule has 8 aromatic rings. The van der Waals surface area contributed by atoms with E-state index in [1.54, 1.807) is 0 Å². The van der Waals surface area contributed by atoms with Crippen molar-refractivity contribution in [3.63, 3.8) is 0 Å². The van der Waals surface area contributed by atoms with Gasteiger partial charge in [0.25, 0.3) is 0 Å². The van der Waals surface area contributed by atoms with Gasteiger partial charge < -0.3 is 0 Å². The van der Waals surface area contributed by atoms with Gasteiger partial charge in [-0.1, -0.05) is 129 Å². The first kappa shape index (κ1) is 38.7. The summed E-state index contributed by atoms with van der Waals surface area (Å²) in [5, 5.41) is 4.89. The third-order valence-corrected chi connectivity index (χ3v) is 15.3. The zero-order valence-electron chi connectivity index (χ0n) is 33.8. The summed E-state index contributed by atoms with van der Waals surface area (Å²) < 4.78 is 7.13. The summed E-state index contributed by atoms with van der Waals surface area (Å²) in [6.45, 7) is 4.59. The molecule has 0 aliphatic carbocycles. The molecule has 0 saturated heterocycles. The number of aryl methyl sites for hydroxylation is 2. The molecule has 0 unspecified atom stereocenters. The van der Waals surface area contributed by atoms with Crippen LogP contribution in [-0.4, -0.2) is 32.9 Å². The van der Waals surface area contributed by atoms with Crippen LogP contribution in [0.3, 0.4) is 0 Å². The molecule has 0 radical (unpaired) electrons. The second kappa shape index (κ2) is 18.0. The van der Waals surface area contributed by atoms with Gasteiger partial charge in [0.1, 0.15) is 20.6 Å². The van der Waals surface area contributed by atoms with Crippen molar-refractivity contribution < 1.29 is 0 Å². The Balaban J connectivity index is 1.04. The summed E-state index contributed by atoms with van der Waals surface area (Å²) in [6, 6.07) is 9.35. The second-order valence-corrected chi connectivity index (χ2v) is 19.2. The fourth-order valence-corrected chi connectivity index (χ4v) is 12.4. The van der Waals surface area contributed by atoms with E-state index < -0.39 is 0 Å². The van der Waals surface area contributed by atoms with E-state index in [-0.39, 0.29) is 0 Å².